The van der Waals surface area contributed by atoms with Crippen molar-refractivity contribution in [1.82, 2.24) is 0 Å². The lowest BCUT2D eigenvalue weighted by Crippen LogP contribution is -1.97. The molecule has 0 aliphatic heterocycles. The molecular formula is C13H13NO2. The molecule has 0 heterocycles. The van der Waals surface area contributed by atoms with Gasteiger partial charge in [-0.25, -0.2) is 4.79 Å². The van der Waals surface area contributed by atoms with Gasteiger partial charge in [0, 0.05) is 0 Å². The number of benzene rings is 1. The van der Waals surface area contributed by atoms with Crippen LogP contribution in [0, 0.1) is 11.3 Å². The third-order valence-corrected chi connectivity index (χ3v) is 2.18. The average Bonchev–Trinajstić information content (AvgIpc) is 2.28. The van der Waals surface area contributed by atoms with Crippen molar-refractivity contribution in [2.45, 2.75) is 19.8 Å². The van der Waals surface area contributed by atoms with Gasteiger partial charge in [-0.15, -0.1) is 0 Å². The molecule has 0 aromatic heterocycles. The van der Waals surface area contributed by atoms with E-state index in [1.165, 1.54) is 11.6 Å². The Hall–Kier alpha value is -2.08. The first-order chi connectivity index (χ1) is 7.67. The Bertz CT molecular complexity index is 438. The van der Waals surface area contributed by atoms with Gasteiger partial charge >= 0.3 is 5.97 Å². The highest BCUT2D eigenvalue weighted by Crippen LogP contribution is 2.10. The van der Waals surface area contributed by atoms with Crippen molar-refractivity contribution in [3.05, 3.63) is 41.0 Å². The van der Waals surface area contributed by atoms with Crippen LogP contribution in [0.3, 0.4) is 0 Å². The maximum atomic E-state index is 10.6. The molecule has 0 spiro atoms. The fraction of sp³-hybridized carbons (Fsp3) is 0.231. The van der Waals surface area contributed by atoms with E-state index in [1.807, 2.05) is 24.3 Å². The van der Waals surface area contributed by atoms with Crippen molar-refractivity contribution >= 4 is 12.0 Å². The summed E-state index contributed by atoms with van der Waals surface area (Å²) in [6, 6.07) is 9.20. The average molecular weight is 215 g/mol. The number of hydrogen-bond acceptors (Lipinski definition) is 2. The topological polar surface area (TPSA) is 61.1 Å². The first-order valence-corrected chi connectivity index (χ1v) is 5.11. The standard InChI is InChI=1S/C13H13NO2/c1-2-3-10-4-6-11(7-5-10)8-12(9-14)13(15)16/h4-8H,2-3H2,1H3,(H,15,16)/b12-8+. The van der Waals surface area contributed by atoms with Crippen molar-refractivity contribution in [3.8, 4) is 6.07 Å². The van der Waals surface area contributed by atoms with Gasteiger partial charge in [-0.3, -0.25) is 0 Å². The largest absolute Gasteiger partial charge is 0.477 e. The van der Waals surface area contributed by atoms with Gasteiger partial charge < -0.3 is 5.11 Å². The fourth-order valence-electron chi connectivity index (χ4n) is 1.38. The quantitative estimate of drug-likeness (QED) is 0.620. The molecular weight excluding hydrogens is 202 g/mol. The number of nitrogens with zero attached hydrogens (tertiary/aromatic N) is 1. The van der Waals surface area contributed by atoms with E-state index in [4.69, 9.17) is 10.4 Å². The minimum atomic E-state index is -1.19. The highest BCUT2D eigenvalue weighted by atomic mass is 16.4. The van der Waals surface area contributed by atoms with E-state index in [1.54, 1.807) is 6.07 Å². The van der Waals surface area contributed by atoms with Crippen LogP contribution < -0.4 is 0 Å². The molecule has 0 unspecified atom stereocenters. The number of carboxylic acids is 1. The molecule has 1 rings (SSSR count). The SMILES string of the molecule is CCCc1ccc(/C=C(\C#N)C(=O)O)cc1. The van der Waals surface area contributed by atoms with Gasteiger partial charge in [-0.1, -0.05) is 37.6 Å². The summed E-state index contributed by atoms with van der Waals surface area (Å²) in [5.74, 6) is -1.19. The minimum absolute atomic E-state index is 0.247. The normalized spacial score (nSPS) is 10.9. The van der Waals surface area contributed by atoms with Crippen LogP contribution in [0.15, 0.2) is 29.8 Å². The minimum Gasteiger partial charge on any atom is -0.477 e. The lowest BCUT2D eigenvalue weighted by atomic mass is 10.1. The Morgan fingerprint density at radius 3 is 2.50 bits per heavy atom. The van der Waals surface area contributed by atoms with Gasteiger partial charge in [0.25, 0.3) is 0 Å². The summed E-state index contributed by atoms with van der Waals surface area (Å²) < 4.78 is 0. The lowest BCUT2D eigenvalue weighted by molar-refractivity contribution is -0.132. The zero-order valence-corrected chi connectivity index (χ0v) is 9.10. The molecule has 0 aliphatic carbocycles. The predicted molar refractivity (Wildman–Crippen MR) is 61.7 cm³/mol. The van der Waals surface area contributed by atoms with E-state index >= 15 is 0 Å². The van der Waals surface area contributed by atoms with E-state index in [2.05, 4.69) is 6.92 Å². The Kier molecular flexibility index (Phi) is 4.28. The van der Waals surface area contributed by atoms with Crippen LogP contribution in [-0.4, -0.2) is 11.1 Å². The lowest BCUT2D eigenvalue weighted by Gasteiger charge is -1.99. The molecule has 0 bridgehead atoms. The molecule has 16 heavy (non-hydrogen) atoms. The number of aryl methyl sites for hydroxylation is 1. The Morgan fingerprint density at radius 2 is 2.06 bits per heavy atom. The Morgan fingerprint density at radius 1 is 1.44 bits per heavy atom. The summed E-state index contributed by atoms with van der Waals surface area (Å²) in [6.07, 6.45) is 3.46. The molecule has 0 radical (unpaired) electrons. The number of hydrogen-bond donors (Lipinski definition) is 1. The van der Waals surface area contributed by atoms with E-state index < -0.39 is 5.97 Å². The molecule has 1 aromatic carbocycles. The third-order valence-electron chi connectivity index (χ3n) is 2.18. The monoisotopic (exact) mass is 215 g/mol. The molecule has 0 atom stereocenters. The molecule has 82 valence electrons. The van der Waals surface area contributed by atoms with Gasteiger partial charge in [-0.05, 0) is 23.6 Å². The Balaban J connectivity index is 2.90. The summed E-state index contributed by atoms with van der Waals surface area (Å²) in [5.41, 5.74) is 1.70. The molecule has 3 heteroatoms. The van der Waals surface area contributed by atoms with Crippen molar-refractivity contribution in [3.63, 3.8) is 0 Å². The van der Waals surface area contributed by atoms with Gasteiger partial charge in [0.2, 0.25) is 0 Å². The molecule has 1 aromatic rings. The molecule has 3 nitrogen and oxygen atoms in total. The van der Waals surface area contributed by atoms with Crippen molar-refractivity contribution < 1.29 is 9.90 Å². The second-order valence-electron chi connectivity index (χ2n) is 3.47. The smallest absolute Gasteiger partial charge is 0.346 e. The summed E-state index contributed by atoms with van der Waals surface area (Å²) in [7, 11) is 0. The molecule has 0 saturated heterocycles. The van der Waals surface area contributed by atoms with Crippen molar-refractivity contribution in [1.29, 1.82) is 5.26 Å². The molecule has 0 saturated carbocycles. The third kappa shape index (κ3) is 3.25. The van der Waals surface area contributed by atoms with Gasteiger partial charge in [0.05, 0.1) is 0 Å². The summed E-state index contributed by atoms with van der Waals surface area (Å²) in [6.45, 7) is 2.10. The van der Waals surface area contributed by atoms with Crippen LogP contribution in [0.5, 0.6) is 0 Å². The van der Waals surface area contributed by atoms with Crippen LogP contribution in [0.2, 0.25) is 0 Å². The van der Waals surface area contributed by atoms with E-state index in [-0.39, 0.29) is 5.57 Å². The number of aliphatic carboxylic acids is 1. The Labute approximate surface area is 94.6 Å². The fourth-order valence-corrected chi connectivity index (χ4v) is 1.38. The maximum absolute atomic E-state index is 10.6. The van der Waals surface area contributed by atoms with Crippen molar-refractivity contribution in [2.24, 2.45) is 0 Å². The van der Waals surface area contributed by atoms with E-state index in [9.17, 15) is 4.79 Å². The highest BCUT2D eigenvalue weighted by Gasteiger charge is 2.05. The zero-order valence-electron chi connectivity index (χ0n) is 9.10. The van der Waals surface area contributed by atoms with Crippen LogP contribution in [0.4, 0.5) is 0 Å². The summed E-state index contributed by atoms with van der Waals surface area (Å²) in [4.78, 5) is 10.6. The summed E-state index contributed by atoms with van der Waals surface area (Å²) in [5, 5.41) is 17.3. The van der Waals surface area contributed by atoms with Gasteiger partial charge in [0.1, 0.15) is 11.6 Å². The van der Waals surface area contributed by atoms with E-state index in [0.717, 1.165) is 18.4 Å². The van der Waals surface area contributed by atoms with Crippen LogP contribution >= 0.6 is 0 Å². The highest BCUT2D eigenvalue weighted by molar-refractivity contribution is 5.96. The number of rotatable bonds is 4. The number of carboxylic acid groups (broad SMARTS) is 1. The molecule has 0 amide bonds. The second kappa shape index (κ2) is 5.72. The van der Waals surface area contributed by atoms with Crippen LogP contribution in [0.1, 0.15) is 24.5 Å². The van der Waals surface area contributed by atoms with Crippen LogP contribution in [0.25, 0.3) is 6.08 Å². The first-order valence-electron chi connectivity index (χ1n) is 5.11. The van der Waals surface area contributed by atoms with Crippen LogP contribution in [-0.2, 0) is 11.2 Å². The zero-order chi connectivity index (χ0) is 12.0. The molecule has 0 aliphatic rings. The van der Waals surface area contributed by atoms with Gasteiger partial charge in [-0.2, -0.15) is 5.26 Å². The summed E-state index contributed by atoms with van der Waals surface area (Å²) >= 11 is 0. The van der Waals surface area contributed by atoms with E-state index in [0.29, 0.717) is 0 Å². The first kappa shape index (κ1) is 12.0. The predicted octanol–water partition coefficient (Wildman–Crippen LogP) is 2.63. The molecule has 1 N–H and O–H groups in total. The second-order valence-corrected chi connectivity index (χ2v) is 3.47. The van der Waals surface area contributed by atoms with Crippen molar-refractivity contribution in [2.75, 3.05) is 0 Å². The maximum Gasteiger partial charge on any atom is 0.346 e. The molecule has 0 fully saturated rings. The number of nitriles is 1. The number of carbonyl (C=O) groups is 1. The van der Waals surface area contributed by atoms with Gasteiger partial charge in [0.15, 0.2) is 0 Å².